The zero-order valence-electron chi connectivity index (χ0n) is 5.17. The molecule has 3 nitrogen and oxygen atoms in total. The van der Waals surface area contributed by atoms with Crippen molar-refractivity contribution >= 4 is 17.7 Å². The van der Waals surface area contributed by atoms with E-state index in [1.807, 2.05) is 0 Å². The van der Waals surface area contributed by atoms with Gasteiger partial charge in [0.25, 0.3) is 0 Å². The van der Waals surface area contributed by atoms with Crippen LogP contribution in [0.25, 0.3) is 0 Å². The maximum Gasteiger partial charge on any atom is 0.237 e. The van der Waals surface area contributed by atoms with E-state index in [2.05, 4.69) is 0 Å². The first-order chi connectivity index (χ1) is 4.34. The molecule has 9 heavy (non-hydrogen) atoms. The molecule has 1 amide bonds. The third-order valence-electron chi connectivity index (χ3n) is 1.28. The minimum absolute atomic E-state index is 0.0694. The quantitative estimate of drug-likeness (QED) is 0.541. The topological polar surface area (TPSA) is 46.3 Å². The van der Waals surface area contributed by atoms with Crippen LogP contribution in [-0.4, -0.2) is 35.5 Å². The van der Waals surface area contributed by atoms with Crippen molar-refractivity contribution in [3.8, 4) is 0 Å². The van der Waals surface area contributed by atoms with Crippen molar-refractivity contribution in [2.45, 2.75) is 0 Å². The number of amides is 1. The summed E-state index contributed by atoms with van der Waals surface area (Å²) in [5, 5.41) is 0. The fourth-order valence-corrected chi connectivity index (χ4v) is 1.71. The number of carbonyl (C=O) groups excluding carboxylic acids is 1. The Morgan fingerprint density at radius 1 is 1.78 bits per heavy atom. The van der Waals surface area contributed by atoms with Gasteiger partial charge in [-0.15, -0.1) is 11.8 Å². The van der Waals surface area contributed by atoms with E-state index in [9.17, 15) is 4.79 Å². The summed E-state index contributed by atoms with van der Waals surface area (Å²) in [5.41, 5.74) is 5.15. The zero-order chi connectivity index (χ0) is 6.69. The van der Waals surface area contributed by atoms with E-state index in [0.717, 1.165) is 18.2 Å². The highest BCUT2D eigenvalue weighted by Gasteiger charge is 2.15. The summed E-state index contributed by atoms with van der Waals surface area (Å²) in [6, 6.07) is 0. The lowest BCUT2D eigenvalue weighted by Crippen LogP contribution is -2.33. The van der Waals surface area contributed by atoms with Crippen molar-refractivity contribution < 1.29 is 4.79 Å². The normalized spacial score (nSPS) is 18.6. The number of thioether (sulfide) groups is 1. The minimum atomic E-state index is 0.0694. The standard InChI is InChI=1S/C5H10N2OS/c6-3-5(8)7-1-2-9-4-7/h1-4,6H2. The monoisotopic (exact) mass is 146 g/mol. The average molecular weight is 146 g/mol. The summed E-state index contributed by atoms with van der Waals surface area (Å²) < 4.78 is 0. The van der Waals surface area contributed by atoms with E-state index in [-0.39, 0.29) is 12.5 Å². The van der Waals surface area contributed by atoms with Crippen LogP contribution in [0.4, 0.5) is 0 Å². The molecular weight excluding hydrogens is 136 g/mol. The summed E-state index contributed by atoms with van der Waals surface area (Å²) in [7, 11) is 0. The first kappa shape index (κ1) is 6.89. The van der Waals surface area contributed by atoms with Crippen LogP contribution in [0.5, 0.6) is 0 Å². The van der Waals surface area contributed by atoms with Gasteiger partial charge in [-0.3, -0.25) is 4.79 Å². The molecule has 2 N–H and O–H groups in total. The molecule has 0 spiro atoms. The zero-order valence-corrected chi connectivity index (χ0v) is 5.99. The minimum Gasteiger partial charge on any atom is -0.332 e. The predicted molar refractivity (Wildman–Crippen MR) is 38.1 cm³/mol. The van der Waals surface area contributed by atoms with Gasteiger partial charge in [0.1, 0.15) is 0 Å². The number of hydrogen-bond donors (Lipinski definition) is 1. The lowest BCUT2D eigenvalue weighted by molar-refractivity contribution is -0.128. The largest absolute Gasteiger partial charge is 0.332 e. The molecule has 1 rings (SSSR count). The van der Waals surface area contributed by atoms with E-state index in [4.69, 9.17) is 5.73 Å². The van der Waals surface area contributed by atoms with Crippen LogP contribution in [0.2, 0.25) is 0 Å². The van der Waals surface area contributed by atoms with Crippen molar-refractivity contribution in [2.24, 2.45) is 5.73 Å². The molecule has 1 fully saturated rings. The van der Waals surface area contributed by atoms with Crippen molar-refractivity contribution in [1.29, 1.82) is 0 Å². The van der Waals surface area contributed by atoms with Gasteiger partial charge in [-0.25, -0.2) is 0 Å². The van der Waals surface area contributed by atoms with Gasteiger partial charge in [0.15, 0.2) is 0 Å². The summed E-state index contributed by atoms with van der Waals surface area (Å²) in [6.07, 6.45) is 0. The molecule has 0 bridgehead atoms. The van der Waals surface area contributed by atoms with E-state index in [0.29, 0.717) is 0 Å². The second-order valence-corrected chi connectivity index (χ2v) is 2.97. The molecule has 1 saturated heterocycles. The molecule has 0 unspecified atom stereocenters. The summed E-state index contributed by atoms with van der Waals surface area (Å²) in [5.74, 6) is 1.96. The summed E-state index contributed by atoms with van der Waals surface area (Å²) in [4.78, 5) is 12.6. The van der Waals surface area contributed by atoms with Crippen LogP contribution in [0, 0.1) is 0 Å². The van der Waals surface area contributed by atoms with Crippen LogP contribution < -0.4 is 5.73 Å². The lowest BCUT2D eigenvalue weighted by atomic mass is 10.5. The Morgan fingerprint density at radius 3 is 3.00 bits per heavy atom. The van der Waals surface area contributed by atoms with Gasteiger partial charge in [-0.1, -0.05) is 0 Å². The first-order valence-electron chi connectivity index (χ1n) is 2.90. The molecule has 0 atom stereocenters. The number of hydrogen-bond acceptors (Lipinski definition) is 3. The van der Waals surface area contributed by atoms with Gasteiger partial charge in [-0.2, -0.15) is 0 Å². The Bertz CT molecular complexity index is 112. The highest BCUT2D eigenvalue weighted by Crippen LogP contribution is 2.12. The van der Waals surface area contributed by atoms with Crippen LogP contribution >= 0.6 is 11.8 Å². The number of nitrogens with zero attached hydrogens (tertiary/aromatic N) is 1. The van der Waals surface area contributed by atoms with Gasteiger partial charge in [0.05, 0.1) is 12.4 Å². The highest BCUT2D eigenvalue weighted by molar-refractivity contribution is 7.99. The first-order valence-corrected chi connectivity index (χ1v) is 4.05. The van der Waals surface area contributed by atoms with Crippen molar-refractivity contribution in [1.82, 2.24) is 4.90 Å². The fourth-order valence-electron chi connectivity index (χ4n) is 0.740. The van der Waals surface area contributed by atoms with Gasteiger partial charge >= 0.3 is 0 Å². The fraction of sp³-hybridized carbons (Fsp3) is 0.800. The van der Waals surface area contributed by atoms with Gasteiger partial charge < -0.3 is 10.6 Å². The molecule has 4 heteroatoms. The molecule has 0 aromatic rings. The Labute approximate surface area is 58.6 Å². The molecule has 0 aromatic carbocycles. The number of nitrogens with two attached hydrogens (primary N) is 1. The second-order valence-electron chi connectivity index (χ2n) is 1.90. The van der Waals surface area contributed by atoms with E-state index >= 15 is 0 Å². The molecule has 1 aliphatic rings. The molecule has 1 heterocycles. The Morgan fingerprint density at radius 2 is 2.56 bits per heavy atom. The average Bonchev–Trinajstić information content (AvgIpc) is 2.37. The Balaban J connectivity index is 2.32. The maximum absolute atomic E-state index is 10.8. The van der Waals surface area contributed by atoms with E-state index in [1.165, 1.54) is 0 Å². The van der Waals surface area contributed by atoms with Crippen molar-refractivity contribution in [2.75, 3.05) is 24.7 Å². The SMILES string of the molecule is NCC(=O)N1CCSC1. The second kappa shape index (κ2) is 3.08. The van der Waals surface area contributed by atoms with Crippen molar-refractivity contribution in [3.63, 3.8) is 0 Å². The highest BCUT2D eigenvalue weighted by atomic mass is 32.2. The van der Waals surface area contributed by atoms with Crippen LogP contribution in [0.1, 0.15) is 0 Å². The van der Waals surface area contributed by atoms with Crippen LogP contribution in [0.15, 0.2) is 0 Å². The van der Waals surface area contributed by atoms with E-state index < -0.39 is 0 Å². The van der Waals surface area contributed by atoms with Gasteiger partial charge in [0, 0.05) is 12.3 Å². The maximum atomic E-state index is 10.8. The Hall–Kier alpha value is -0.220. The molecule has 52 valence electrons. The molecule has 0 radical (unpaired) electrons. The van der Waals surface area contributed by atoms with Crippen LogP contribution in [0.3, 0.4) is 0 Å². The summed E-state index contributed by atoms with van der Waals surface area (Å²) in [6.45, 7) is 1.03. The third-order valence-corrected chi connectivity index (χ3v) is 2.25. The van der Waals surface area contributed by atoms with E-state index in [1.54, 1.807) is 16.7 Å². The van der Waals surface area contributed by atoms with Gasteiger partial charge in [-0.05, 0) is 0 Å². The Kier molecular flexibility index (Phi) is 2.36. The smallest absolute Gasteiger partial charge is 0.237 e. The lowest BCUT2D eigenvalue weighted by Gasteiger charge is -2.11. The molecule has 0 saturated carbocycles. The molecule has 1 aliphatic heterocycles. The third kappa shape index (κ3) is 1.59. The number of rotatable bonds is 1. The summed E-state index contributed by atoms with van der Waals surface area (Å²) >= 11 is 1.78. The molecule has 0 aliphatic carbocycles. The van der Waals surface area contributed by atoms with Crippen molar-refractivity contribution in [3.05, 3.63) is 0 Å². The van der Waals surface area contributed by atoms with Gasteiger partial charge in [0.2, 0.25) is 5.91 Å². The molecule has 0 aromatic heterocycles. The van der Waals surface area contributed by atoms with Crippen LogP contribution in [-0.2, 0) is 4.79 Å². The molecular formula is C5H10N2OS. The predicted octanol–water partition coefficient (Wildman–Crippen LogP) is -0.522. The number of carbonyl (C=O) groups is 1.